The summed E-state index contributed by atoms with van der Waals surface area (Å²) in [6.07, 6.45) is 6.93. The van der Waals surface area contributed by atoms with Crippen LogP contribution in [-0.2, 0) is 4.74 Å². The Hall–Kier alpha value is -3.22. The number of anilines is 1. The van der Waals surface area contributed by atoms with Crippen LogP contribution in [0.15, 0.2) is 53.7 Å². The van der Waals surface area contributed by atoms with Crippen LogP contribution >= 0.6 is 0 Å². The highest BCUT2D eigenvalue weighted by molar-refractivity contribution is 5.95. The Morgan fingerprint density at radius 3 is 2.87 bits per heavy atom. The highest BCUT2D eigenvalue weighted by atomic mass is 16.6. The van der Waals surface area contributed by atoms with Crippen molar-refractivity contribution in [1.29, 1.82) is 0 Å². The number of nitrogens with zero attached hydrogens (tertiary/aromatic N) is 1. The van der Waals surface area contributed by atoms with E-state index in [-0.39, 0.29) is 42.7 Å². The van der Waals surface area contributed by atoms with Crippen molar-refractivity contribution >= 4 is 17.7 Å². The average Bonchev–Trinajstić information content (AvgIpc) is 3.44. The predicted molar refractivity (Wildman–Crippen MR) is 116 cm³/mol. The Morgan fingerprint density at radius 2 is 2.16 bits per heavy atom. The summed E-state index contributed by atoms with van der Waals surface area (Å²) in [5.41, 5.74) is 2.47. The number of hydrogen-bond donors (Lipinski definition) is 2. The molecule has 1 aliphatic carbocycles. The van der Waals surface area contributed by atoms with Crippen LogP contribution in [0.25, 0.3) is 0 Å². The molecule has 7 heteroatoms. The minimum atomic E-state index is -0.359. The second kappa shape index (κ2) is 8.13. The Kier molecular flexibility index (Phi) is 5.18. The first-order chi connectivity index (χ1) is 15.2. The fraction of sp³-hybridized carbons (Fsp3) is 0.417. The van der Waals surface area contributed by atoms with Gasteiger partial charge in [-0.1, -0.05) is 12.7 Å². The van der Waals surface area contributed by atoms with E-state index in [4.69, 9.17) is 9.15 Å². The van der Waals surface area contributed by atoms with Gasteiger partial charge in [0.25, 0.3) is 5.91 Å². The smallest absolute Gasteiger partial charge is 0.410 e. The number of hydrogen-bond acceptors (Lipinski definition) is 5. The summed E-state index contributed by atoms with van der Waals surface area (Å²) >= 11 is 0. The molecule has 1 saturated carbocycles. The molecule has 1 aromatic heterocycles. The van der Waals surface area contributed by atoms with Crippen LogP contribution in [0.5, 0.6) is 0 Å². The summed E-state index contributed by atoms with van der Waals surface area (Å²) in [7, 11) is 0. The second-order valence-electron chi connectivity index (χ2n) is 8.50. The summed E-state index contributed by atoms with van der Waals surface area (Å²) in [6.45, 7) is 4.38. The molecule has 2 fully saturated rings. The van der Waals surface area contributed by atoms with Crippen molar-refractivity contribution in [1.82, 2.24) is 10.2 Å². The molecule has 3 atom stereocenters. The van der Waals surface area contributed by atoms with E-state index in [1.54, 1.807) is 17.2 Å². The fourth-order valence-electron chi connectivity index (χ4n) is 4.91. The Bertz CT molecular complexity index is 983. The number of benzene rings is 1. The number of carbonyl (C=O) groups excluding carboxylic acids is 2. The molecule has 3 unspecified atom stereocenters. The number of likely N-dealkylation sites (tertiary alicyclic amines) is 1. The van der Waals surface area contributed by atoms with E-state index >= 15 is 0 Å². The summed E-state index contributed by atoms with van der Waals surface area (Å²) in [6, 6.07) is 9.55. The van der Waals surface area contributed by atoms with Gasteiger partial charge < -0.3 is 24.7 Å². The van der Waals surface area contributed by atoms with E-state index in [1.165, 1.54) is 6.42 Å². The van der Waals surface area contributed by atoms with Crippen molar-refractivity contribution < 1.29 is 18.7 Å². The van der Waals surface area contributed by atoms with E-state index in [0.717, 1.165) is 36.3 Å². The molecule has 0 bridgehead atoms. The lowest BCUT2D eigenvalue weighted by molar-refractivity contribution is 0.0916. The van der Waals surface area contributed by atoms with Gasteiger partial charge in [0.2, 0.25) is 0 Å². The number of nitrogens with one attached hydrogen (secondary N) is 2. The van der Waals surface area contributed by atoms with Gasteiger partial charge in [0.1, 0.15) is 12.4 Å². The predicted octanol–water partition coefficient (Wildman–Crippen LogP) is 4.41. The van der Waals surface area contributed by atoms with Gasteiger partial charge in [-0.2, -0.15) is 0 Å². The maximum Gasteiger partial charge on any atom is 0.410 e. The van der Waals surface area contributed by atoms with Crippen LogP contribution in [0.2, 0.25) is 0 Å². The molecule has 0 radical (unpaired) electrons. The fourth-order valence-corrected chi connectivity index (χ4v) is 4.91. The monoisotopic (exact) mass is 421 g/mol. The number of carbonyl (C=O) groups is 2. The van der Waals surface area contributed by atoms with E-state index in [1.807, 2.05) is 30.3 Å². The zero-order valence-electron chi connectivity index (χ0n) is 17.4. The van der Waals surface area contributed by atoms with Crippen LogP contribution in [0.1, 0.15) is 59.4 Å². The van der Waals surface area contributed by atoms with Crippen molar-refractivity contribution in [3.05, 3.63) is 66.1 Å². The lowest BCUT2D eigenvalue weighted by atomic mass is 9.81. The third-order valence-electron chi connectivity index (χ3n) is 6.67. The Labute approximate surface area is 181 Å². The minimum Gasteiger partial charge on any atom is -0.467 e. The Balaban J connectivity index is 1.49. The Morgan fingerprint density at radius 1 is 1.29 bits per heavy atom. The van der Waals surface area contributed by atoms with Crippen molar-refractivity contribution in [3.63, 3.8) is 0 Å². The van der Waals surface area contributed by atoms with Gasteiger partial charge in [0.05, 0.1) is 18.3 Å². The molecule has 162 valence electrons. The van der Waals surface area contributed by atoms with Crippen molar-refractivity contribution in [2.45, 2.75) is 43.8 Å². The number of amides is 2. The zero-order chi connectivity index (χ0) is 21.4. The van der Waals surface area contributed by atoms with Crippen LogP contribution in [0.4, 0.5) is 10.5 Å². The average molecular weight is 421 g/mol. The molecule has 2 aromatic rings. The van der Waals surface area contributed by atoms with Crippen molar-refractivity contribution in [2.24, 2.45) is 5.92 Å². The normalized spacial score (nSPS) is 24.4. The van der Waals surface area contributed by atoms with Gasteiger partial charge in [0, 0.05) is 29.8 Å². The van der Waals surface area contributed by atoms with Crippen LogP contribution in [-0.4, -0.2) is 36.1 Å². The van der Waals surface area contributed by atoms with E-state index in [0.29, 0.717) is 12.1 Å². The number of ether oxygens (including phenoxy) is 1. The lowest BCUT2D eigenvalue weighted by Crippen LogP contribution is -2.40. The third-order valence-corrected chi connectivity index (χ3v) is 6.67. The summed E-state index contributed by atoms with van der Waals surface area (Å²) in [5.74, 6) is 0.893. The largest absolute Gasteiger partial charge is 0.467 e. The maximum atomic E-state index is 12.8. The zero-order valence-corrected chi connectivity index (χ0v) is 17.4. The second-order valence-corrected chi connectivity index (χ2v) is 8.50. The summed E-state index contributed by atoms with van der Waals surface area (Å²) in [4.78, 5) is 27.4. The number of fused-ring (bicyclic) bond motifs is 3. The molecule has 31 heavy (non-hydrogen) atoms. The molecule has 2 N–H and O–H groups in total. The molecule has 5 rings (SSSR count). The molecule has 3 aliphatic rings. The molecular formula is C24H27N3O4. The van der Waals surface area contributed by atoms with Crippen LogP contribution in [0.3, 0.4) is 0 Å². The summed E-state index contributed by atoms with van der Waals surface area (Å²) in [5, 5.41) is 6.68. The first-order valence-corrected chi connectivity index (χ1v) is 10.9. The van der Waals surface area contributed by atoms with Gasteiger partial charge in [-0.3, -0.25) is 4.79 Å². The molecule has 2 aliphatic heterocycles. The molecule has 3 heterocycles. The van der Waals surface area contributed by atoms with Crippen LogP contribution < -0.4 is 10.6 Å². The van der Waals surface area contributed by atoms with Crippen molar-refractivity contribution in [3.8, 4) is 0 Å². The molecule has 7 nitrogen and oxygen atoms in total. The maximum absolute atomic E-state index is 12.8. The van der Waals surface area contributed by atoms with Gasteiger partial charge >= 0.3 is 6.09 Å². The number of furan rings is 1. The third kappa shape index (κ3) is 3.58. The highest BCUT2D eigenvalue weighted by Crippen LogP contribution is 2.51. The summed E-state index contributed by atoms with van der Waals surface area (Å²) < 4.78 is 11.1. The van der Waals surface area contributed by atoms with Crippen molar-refractivity contribution in [2.75, 3.05) is 18.5 Å². The highest BCUT2D eigenvalue weighted by Gasteiger charge is 2.48. The van der Waals surface area contributed by atoms with E-state index < -0.39 is 0 Å². The molecule has 0 spiro atoms. The number of rotatable bonds is 5. The molecular weight excluding hydrogens is 394 g/mol. The van der Waals surface area contributed by atoms with Gasteiger partial charge in [-0.05, 0) is 61.6 Å². The van der Waals surface area contributed by atoms with Gasteiger partial charge in [0.15, 0.2) is 0 Å². The SMILES string of the molecule is C=CCOC(=O)N1CCC2C(c3ccco3)Nc3ccc(C(=O)NC4CCC4)cc3C21. The molecule has 1 saturated heterocycles. The standard InChI is InChI=1S/C24H27N3O4/c1-2-12-31-24(29)27-11-10-17-21(20-7-4-13-30-20)26-19-9-8-15(14-18(19)22(17)27)23(28)25-16-5-3-6-16/h2,4,7-9,13-14,16-17,21-22,26H,1,3,5-6,10-12H2,(H,25,28). The van der Waals surface area contributed by atoms with E-state index in [2.05, 4.69) is 17.2 Å². The lowest BCUT2D eigenvalue weighted by Gasteiger charge is -2.38. The quantitative estimate of drug-likeness (QED) is 0.699. The molecule has 2 amide bonds. The first kappa shape index (κ1) is 19.7. The van der Waals surface area contributed by atoms with Gasteiger partial charge in [-0.15, -0.1) is 0 Å². The first-order valence-electron chi connectivity index (χ1n) is 10.9. The van der Waals surface area contributed by atoms with Crippen LogP contribution in [0, 0.1) is 5.92 Å². The van der Waals surface area contributed by atoms with Gasteiger partial charge in [-0.25, -0.2) is 4.79 Å². The topological polar surface area (TPSA) is 83.8 Å². The minimum absolute atomic E-state index is 0.0562. The van der Waals surface area contributed by atoms with E-state index in [9.17, 15) is 9.59 Å². The molecule has 1 aromatic carbocycles.